The zero-order valence-corrected chi connectivity index (χ0v) is 24.2. The van der Waals surface area contributed by atoms with Gasteiger partial charge in [0.1, 0.15) is 6.61 Å². The van der Waals surface area contributed by atoms with E-state index < -0.39 is 31.0 Å². The topological polar surface area (TPSA) is 88.4 Å². The Labute approximate surface area is 223 Å². The molecular weight excluding hydrogens is 456 g/mol. The molecule has 0 heterocycles. The van der Waals surface area contributed by atoms with Crippen molar-refractivity contribution in [1.29, 1.82) is 0 Å². The van der Waals surface area contributed by atoms with Gasteiger partial charge in [-0.15, -0.1) is 0 Å². The fourth-order valence-electron chi connectivity index (χ4n) is 4.53. The molecule has 0 amide bonds. The highest BCUT2D eigenvalue weighted by atomic mass is 16.7. The normalized spacial score (nSPS) is 12.5. The van der Waals surface area contributed by atoms with E-state index in [-0.39, 0.29) is 6.61 Å². The summed E-state index contributed by atoms with van der Waals surface area (Å²) in [6.45, 7) is 6.89. The van der Waals surface area contributed by atoms with Gasteiger partial charge >= 0.3 is 0 Å². The molecule has 0 aliphatic carbocycles. The molecule has 0 aromatic carbocycles. The Bertz CT molecular complexity index is 415. The predicted octanol–water partition coefficient (Wildman–Crippen LogP) is 6.78. The molecule has 0 fully saturated rings. The molecular formula is C30H62O6. The first-order chi connectivity index (χ1) is 17.6. The van der Waals surface area contributed by atoms with Crippen molar-refractivity contribution < 1.29 is 29.5 Å². The van der Waals surface area contributed by atoms with Crippen molar-refractivity contribution in [3.8, 4) is 0 Å². The van der Waals surface area contributed by atoms with Crippen molar-refractivity contribution in [2.45, 2.75) is 142 Å². The van der Waals surface area contributed by atoms with Crippen LogP contribution in [0.15, 0.2) is 0 Å². The monoisotopic (exact) mass is 518 g/mol. The summed E-state index contributed by atoms with van der Waals surface area (Å²) >= 11 is 0. The highest BCUT2D eigenvalue weighted by Gasteiger charge is 2.53. The van der Waals surface area contributed by atoms with Crippen molar-refractivity contribution >= 4 is 0 Å². The molecule has 218 valence electrons. The van der Waals surface area contributed by atoms with E-state index >= 15 is 0 Å². The standard InChI is InChI=1S/C30H62O6/c1-4-7-10-13-16-19-22-34-28-30(29(25-31,26-32)27-33,35-23-20-17-14-11-8-5-2)36-24-21-18-15-12-9-6-3/h31-33H,4-28H2,1-3H3. The quantitative estimate of drug-likeness (QED) is 0.0747. The van der Waals surface area contributed by atoms with E-state index in [1.165, 1.54) is 77.0 Å². The lowest BCUT2D eigenvalue weighted by molar-refractivity contribution is -0.338. The fraction of sp³-hybridized carbons (Fsp3) is 1.00. The summed E-state index contributed by atoms with van der Waals surface area (Å²) in [5.74, 6) is -1.37. The van der Waals surface area contributed by atoms with Crippen molar-refractivity contribution in [3.05, 3.63) is 0 Å². The maximum absolute atomic E-state index is 10.3. The largest absolute Gasteiger partial charge is 0.395 e. The van der Waals surface area contributed by atoms with Gasteiger partial charge in [-0.2, -0.15) is 0 Å². The minimum Gasteiger partial charge on any atom is -0.395 e. The average Bonchev–Trinajstić information content (AvgIpc) is 2.90. The van der Waals surface area contributed by atoms with Gasteiger partial charge in [0.15, 0.2) is 0 Å². The number of ether oxygens (including phenoxy) is 3. The van der Waals surface area contributed by atoms with Gasteiger partial charge in [0, 0.05) is 6.61 Å². The molecule has 36 heavy (non-hydrogen) atoms. The van der Waals surface area contributed by atoms with Crippen LogP contribution in [-0.2, 0) is 14.2 Å². The first-order valence-corrected chi connectivity index (χ1v) is 15.3. The molecule has 0 saturated heterocycles. The molecule has 3 N–H and O–H groups in total. The van der Waals surface area contributed by atoms with E-state index in [4.69, 9.17) is 14.2 Å². The average molecular weight is 519 g/mol. The minimum absolute atomic E-state index is 0.0926. The number of unbranched alkanes of at least 4 members (excludes halogenated alkanes) is 15. The highest BCUT2D eigenvalue weighted by molar-refractivity contribution is 4.94. The fourth-order valence-corrected chi connectivity index (χ4v) is 4.53. The number of hydrogen-bond donors (Lipinski definition) is 3. The SMILES string of the molecule is CCCCCCCCOCC(OCCCCCCCC)(OCCCCCCCC)C(CO)(CO)CO. The molecule has 0 aliphatic heterocycles. The molecule has 6 heteroatoms. The zero-order chi connectivity index (χ0) is 26.8. The van der Waals surface area contributed by atoms with Crippen LogP contribution in [0.1, 0.15) is 136 Å². The van der Waals surface area contributed by atoms with E-state index in [1.54, 1.807) is 0 Å². The van der Waals surface area contributed by atoms with Gasteiger partial charge in [0.25, 0.3) is 0 Å². The van der Waals surface area contributed by atoms with Gasteiger partial charge < -0.3 is 29.5 Å². The van der Waals surface area contributed by atoms with E-state index in [2.05, 4.69) is 20.8 Å². The molecule has 6 nitrogen and oxygen atoms in total. The third-order valence-corrected chi connectivity index (χ3v) is 7.32. The first-order valence-electron chi connectivity index (χ1n) is 15.3. The third kappa shape index (κ3) is 15.2. The van der Waals surface area contributed by atoms with E-state index in [9.17, 15) is 15.3 Å². The zero-order valence-electron chi connectivity index (χ0n) is 24.2. The minimum atomic E-state index is -1.37. The van der Waals surface area contributed by atoms with Crippen molar-refractivity contribution in [2.75, 3.05) is 46.2 Å². The summed E-state index contributed by atoms with van der Waals surface area (Å²) in [5.41, 5.74) is -1.33. The van der Waals surface area contributed by atoms with Gasteiger partial charge in [-0.05, 0) is 19.3 Å². The Morgan fingerprint density at radius 1 is 0.444 bits per heavy atom. The molecule has 0 bridgehead atoms. The number of rotatable bonds is 29. The van der Waals surface area contributed by atoms with Crippen LogP contribution in [-0.4, -0.2) is 67.4 Å². The summed E-state index contributed by atoms with van der Waals surface area (Å²) in [6, 6.07) is 0. The van der Waals surface area contributed by atoms with Crippen LogP contribution in [0.2, 0.25) is 0 Å². The molecule has 0 rings (SSSR count). The van der Waals surface area contributed by atoms with Crippen LogP contribution in [0, 0.1) is 5.41 Å². The van der Waals surface area contributed by atoms with E-state index in [1.807, 2.05) is 0 Å². The Hall–Kier alpha value is -0.240. The first kappa shape index (κ1) is 35.8. The van der Waals surface area contributed by atoms with Crippen molar-refractivity contribution in [1.82, 2.24) is 0 Å². The summed E-state index contributed by atoms with van der Waals surface area (Å²) < 4.78 is 18.8. The second-order valence-corrected chi connectivity index (χ2v) is 10.6. The number of hydrogen-bond acceptors (Lipinski definition) is 6. The van der Waals surface area contributed by atoms with E-state index in [0.29, 0.717) is 19.8 Å². The molecule has 0 aromatic heterocycles. The van der Waals surface area contributed by atoms with Crippen LogP contribution in [0.4, 0.5) is 0 Å². The number of aliphatic hydroxyl groups excluding tert-OH is 3. The lowest BCUT2D eigenvalue weighted by Crippen LogP contribution is -2.61. The molecule has 0 aromatic rings. The maximum atomic E-state index is 10.3. The highest BCUT2D eigenvalue weighted by Crippen LogP contribution is 2.37. The van der Waals surface area contributed by atoms with Crippen LogP contribution >= 0.6 is 0 Å². The second kappa shape index (κ2) is 25.1. The summed E-state index contributed by atoms with van der Waals surface area (Å²) in [7, 11) is 0. The third-order valence-electron chi connectivity index (χ3n) is 7.32. The van der Waals surface area contributed by atoms with Crippen LogP contribution in [0.3, 0.4) is 0 Å². The smallest absolute Gasteiger partial charge is 0.204 e. The summed E-state index contributed by atoms with van der Waals surface area (Å²) in [4.78, 5) is 0. The van der Waals surface area contributed by atoms with Gasteiger partial charge in [-0.25, -0.2) is 0 Å². The molecule has 0 atom stereocenters. The van der Waals surface area contributed by atoms with Gasteiger partial charge in [0.2, 0.25) is 5.79 Å². The molecule has 0 unspecified atom stereocenters. The van der Waals surface area contributed by atoms with Gasteiger partial charge in [-0.3, -0.25) is 0 Å². The maximum Gasteiger partial charge on any atom is 0.204 e. The summed E-state index contributed by atoms with van der Waals surface area (Å²) in [5, 5.41) is 30.9. The van der Waals surface area contributed by atoms with Gasteiger partial charge in [-0.1, -0.05) is 117 Å². The van der Waals surface area contributed by atoms with Crippen molar-refractivity contribution in [3.63, 3.8) is 0 Å². The Kier molecular flexibility index (Phi) is 24.9. The van der Waals surface area contributed by atoms with Crippen LogP contribution < -0.4 is 0 Å². The van der Waals surface area contributed by atoms with Crippen LogP contribution in [0.25, 0.3) is 0 Å². The molecule has 0 radical (unpaired) electrons. The second-order valence-electron chi connectivity index (χ2n) is 10.6. The Morgan fingerprint density at radius 3 is 1.14 bits per heavy atom. The van der Waals surface area contributed by atoms with Crippen molar-refractivity contribution in [2.24, 2.45) is 5.41 Å². The Balaban J connectivity index is 5.13. The number of aliphatic hydroxyl groups is 3. The lowest BCUT2D eigenvalue weighted by atomic mass is 9.81. The van der Waals surface area contributed by atoms with Gasteiger partial charge in [0.05, 0.1) is 38.4 Å². The molecule has 0 spiro atoms. The summed E-state index contributed by atoms with van der Waals surface area (Å²) in [6.07, 6.45) is 20.7. The van der Waals surface area contributed by atoms with E-state index in [0.717, 1.165) is 38.5 Å². The Morgan fingerprint density at radius 2 is 0.778 bits per heavy atom. The lowest BCUT2D eigenvalue weighted by Gasteiger charge is -2.46. The molecule has 0 saturated carbocycles. The predicted molar refractivity (Wildman–Crippen MR) is 149 cm³/mol. The van der Waals surface area contributed by atoms with Crippen LogP contribution in [0.5, 0.6) is 0 Å². The molecule has 0 aliphatic rings.